The maximum absolute atomic E-state index is 12.4. The van der Waals surface area contributed by atoms with Crippen molar-refractivity contribution in [2.45, 2.75) is 32.3 Å². The Morgan fingerprint density at radius 3 is 2.55 bits per heavy atom. The van der Waals surface area contributed by atoms with E-state index in [1.54, 1.807) is 11.6 Å². The molecule has 2 heterocycles. The first-order valence-electron chi connectivity index (χ1n) is 8.80. The molecular weight excluding hydrogens is 410 g/mol. The summed E-state index contributed by atoms with van der Waals surface area (Å²) in [5.41, 5.74) is 2.92. The Labute approximate surface area is 176 Å². The van der Waals surface area contributed by atoms with Crippen LogP contribution >= 0.6 is 23.1 Å². The van der Waals surface area contributed by atoms with Crippen LogP contribution in [0.2, 0.25) is 0 Å². The number of nitrogens with zero attached hydrogens (tertiary/aromatic N) is 5. The number of hydrogen-bond donors (Lipinski definition) is 2. The smallest absolute Gasteiger partial charge is 0.236 e. The van der Waals surface area contributed by atoms with Gasteiger partial charge in [0, 0.05) is 12.7 Å². The van der Waals surface area contributed by atoms with Crippen LogP contribution in [0.15, 0.2) is 23.4 Å². The number of benzene rings is 1. The van der Waals surface area contributed by atoms with E-state index in [2.05, 4.69) is 31.0 Å². The Balaban J connectivity index is 1.54. The summed E-state index contributed by atoms with van der Waals surface area (Å²) in [6.45, 7) is 5.78. The Morgan fingerprint density at radius 2 is 1.86 bits per heavy atom. The maximum Gasteiger partial charge on any atom is 0.236 e. The van der Waals surface area contributed by atoms with Gasteiger partial charge < -0.3 is 9.88 Å². The summed E-state index contributed by atoms with van der Waals surface area (Å²) in [5, 5.41) is 23.3. The standard InChI is InChI=1S/C18H21N7O2S2/c1-10-5-6-13(11(2)7-10)19-15(26)8-14-22-24-18(25(14)4)28-9-16(27)20-17-23-21-12(3)29-17/h5-7H,8-9H2,1-4H3,(H,19,26)(H,20,23,27). The van der Waals surface area contributed by atoms with Gasteiger partial charge in [0.25, 0.3) is 0 Å². The fourth-order valence-corrected chi connectivity index (χ4v) is 3.89. The molecule has 3 rings (SSSR count). The van der Waals surface area contributed by atoms with Gasteiger partial charge in [-0.1, -0.05) is 40.8 Å². The van der Waals surface area contributed by atoms with E-state index >= 15 is 0 Å². The van der Waals surface area contributed by atoms with Crippen molar-refractivity contribution in [3.8, 4) is 0 Å². The SMILES string of the molecule is Cc1ccc(NC(=O)Cc2nnc(SCC(=O)Nc3nnc(C)s3)n2C)c(C)c1. The third-order valence-electron chi connectivity index (χ3n) is 4.00. The lowest BCUT2D eigenvalue weighted by atomic mass is 10.1. The maximum atomic E-state index is 12.4. The number of carbonyl (C=O) groups excluding carboxylic acids is 2. The van der Waals surface area contributed by atoms with Gasteiger partial charge in [-0.2, -0.15) is 0 Å². The minimum atomic E-state index is -0.205. The molecule has 29 heavy (non-hydrogen) atoms. The van der Waals surface area contributed by atoms with Crippen molar-refractivity contribution in [1.29, 1.82) is 0 Å². The van der Waals surface area contributed by atoms with Crippen LogP contribution < -0.4 is 10.6 Å². The molecule has 0 atom stereocenters. The Morgan fingerprint density at radius 1 is 1.07 bits per heavy atom. The zero-order chi connectivity index (χ0) is 21.0. The van der Waals surface area contributed by atoms with Crippen LogP contribution in [0.3, 0.4) is 0 Å². The van der Waals surface area contributed by atoms with Crippen LogP contribution in [-0.4, -0.2) is 42.5 Å². The Kier molecular flexibility index (Phi) is 6.60. The van der Waals surface area contributed by atoms with Crippen LogP contribution in [-0.2, 0) is 23.1 Å². The number of nitrogens with one attached hydrogen (secondary N) is 2. The number of anilines is 2. The van der Waals surface area contributed by atoms with Gasteiger partial charge in [-0.05, 0) is 32.4 Å². The highest BCUT2D eigenvalue weighted by Crippen LogP contribution is 2.19. The summed E-state index contributed by atoms with van der Waals surface area (Å²) in [5.74, 6) is 0.297. The number of aryl methyl sites for hydroxylation is 3. The van der Waals surface area contributed by atoms with E-state index in [9.17, 15) is 9.59 Å². The van der Waals surface area contributed by atoms with E-state index in [0.29, 0.717) is 16.1 Å². The van der Waals surface area contributed by atoms with Gasteiger partial charge in [-0.3, -0.25) is 14.9 Å². The molecule has 0 aliphatic heterocycles. The van der Waals surface area contributed by atoms with E-state index in [1.807, 2.05) is 39.0 Å². The average Bonchev–Trinajstić information content (AvgIpc) is 3.21. The van der Waals surface area contributed by atoms with Crippen LogP contribution in [0, 0.1) is 20.8 Å². The molecule has 0 bridgehead atoms. The molecule has 0 fully saturated rings. The van der Waals surface area contributed by atoms with E-state index in [0.717, 1.165) is 21.8 Å². The highest BCUT2D eigenvalue weighted by atomic mass is 32.2. The van der Waals surface area contributed by atoms with E-state index < -0.39 is 0 Å². The molecule has 152 valence electrons. The van der Waals surface area contributed by atoms with E-state index in [4.69, 9.17) is 0 Å². The highest BCUT2D eigenvalue weighted by Gasteiger charge is 2.15. The zero-order valence-corrected chi connectivity index (χ0v) is 18.1. The fraction of sp³-hybridized carbons (Fsp3) is 0.333. The normalized spacial score (nSPS) is 10.8. The number of aromatic nitrogens is 5. The van der Waals surface area contributed by atoms with Gasteiger partial charge in [-0.25, -0.2) is 0 Å². The van der Waals surface area contributed by atoms with Gasteiger partial charge in [0.15, 0.2) is 5.16 Å². The largest absolute Gasteiger partial charge is 0.325 e. The van der Waals surface area contributed by atoms with Crippen molar-refractivity contribution in [3.05, 3.63) is 40.2 Å². The number of rotatable bonds is 7. The first kappa shape index (κ1) is 20.9. The van der Waals surface area contributed by atoms with Crippen LogP contribution in [0.25, 0.3) is 0 Å². The first-order valence-corrected chi connectivity index (χ1v) is 10.6. The molecule has 0 spiro atoms. The van der Waals surface area contributed by atoms with Crippen LogP contribution in [0.1, 0.15) is 22.0 Å². The second-order valence-electron chi connectivity index (χ2n) is 6.46. The van der Waals surface area contributed by atoms with Crippen molar-refractivity contribution < 1.29 is 9.59 Å². The molecule has 0 radical (unpaired) electrons. The molecule has 0 aliphatic carbocycles. The molecule has 11 heteroatoms. The van der Waals surface area contributed by atoms with Crippen LogP contribution in [0.4, 0.5) is 10.8 Å². The summed E-state index contributed by atoms with van der Waals surface area (Å²) in [7, 11) is 1.77. The van der Waals surface area contributed by atoms with E-state index in [1.165, 1.54) is 23.1 Å². The summed E-state index contributed by atoms with van der Waals surface area (Å²) in [6.07, 6.45) is 0.0909. The molecule has 1 aromatic carbocycles. The fourth-order valence-electron chi connectivity index (χ4n) is 2.55. The van der Waals surface area contributed by atoms with Gasteiger partial charge >= 0.3 is 0 Å². The van der Waals surface area contributed by atoms with Gasteiger partial charge in [0.2, 0.25) is 16.9 Å². The molecule has 2 N–H and O–H groups in total. The average molecular weight is 432 g/mol. The Bertz CT molecular complexity index is 1040. The Hall–Kier alpha value is -2.79. The molecule has 0 saturated carbocycles. The van der Waals surface area contributed by atoms with Crippen molar-refractivity contribution >= 4 is 45.7 Å². The zero-order valence-electron chi connectivity index (χ0n) is 16.5. The summed E-state index contributed by atoms with van der Waals surface area (Å²) in [4.78, 5) is 24.4. The van der Waals surface area contributed by atoms with Crippen LogP contribution in [0.5, 0.6) is 0 Å². The molecule has 2 amide bonds. The molecule has 0 saturated heterocycles. The second kappa shape index (κ2) is 9.14. The lowest BCUT2D eigenvalue weighted by molar-refractivity contribution is -0.116. The lowest BCUT2D eigenvalue weighted by Gasteiger charge is -2.09. The van der Waals surface area contributed by atoms with Crippen molar-refractivity contribution in [3.63, 3.8) is 0 Å². The predicted molar refractivity (Wildman–Crippen MR) is 113 cm³/mol. The van der Waals surface area contributed by atoms with Crippen molar-refractivity contribution in [2.24, 2.45) is 7.05 Å². The van der Waals surface area contributed by atoms with Gasteiger partial charge in [0.05, 0.1) is 12.2 Å². The molecular formula is C18H21N7O2S2. The molecule has 2 aromatic heterocycles. The minimum absolute atomic E-state index is 0.0909. The van der Waals surface area contributed by atoms with E-state index in [-0.39, 0.29) is 24.0 Å². The lowest BCUT2D eigenvalue weighted by Crippen LogP contribution is -2.18. The topological polar surface area (TPSA) is 115 Å². The number of hydrogen-bond acceptors (Lipinski definition) is 8. The summed E-state index contributed by atoms with van der Waals surface area (Å²) >= 11 is 2.55. The second-order valence-corrected chi connectivity index (χ2v) is 8.59. The van der Waals surface area contributed by atoms with Gasteiger partial charge in [-0.15, -0.1) is 20.4 Å². The molecule has 0 aliphatic rings. The quantitative estimate of drug-likeness (QED) is 0.552. The molecule has 0 unspecified atom stereocenters. The highest BCUT2D eigenvalue weighted by molar-refractivity contribution is 7.99. The summed E-state index contributed by atoms with van der Waals surface area (Å²) in [6, 6.07) is 5.85. The number of amides is 2. The van der Waals surface area contributed by atoms with Gasteiger partial charge in [0.1, 0.15) is 10.8 Å². The molecule has 3 aromatic rings. The third kappa shape index (κ3) is 5.61. The monoisotopic (exact) mass is 431 g/mol. The van der Waals surface area contributed by atoms with Crippen molar-refractivity contribution in [2.75, 3.05) is 16.4 Å². The summed E-state index contributed by atoms with van der Waals surface area (Å²) < 4.78 is 1.72. The number of carbonyl (C=O) groups is 2. The molecule has 9 nitrogen and oxygen atoms in total. The third-order valence-corrected chi connectivity index (χ3v) is 5.78. The minimum Gasteiger partial charge on any atom is -0.325 e. The first-order chi connectivity index (χ1) is 13.8. The number of thioether (sulfide) groups is 1. The van der Waals surface area contributed by atoms with Crippen molar-refractivity contribution in [1.82, 2.24) is 25.0 Å². The predicted octanol–water partition coefficient (Wildman–Crippen LogP) is 2.50.